The highest BCUT2D eigenvalue weighted by atomic mass is 15.2. The van der Waals surface area contributed by atoms with Crippen molar-refractivity contribution in [3.05, 3.63) is 12.2 Å². The average molecular weight is 322 g/mol. The van der Waals surface area contributed by atoms with Crippen LogP contribution in [0.3, 0.4) is 0 Å². The molecule has 0 amide bonds. The molecule has 1 aliphatic rings. The summed E-state index contributed by atoms with van der Waals surface area (Å²) in [6.45, 7) is 12.1. The molecule has 0 saturated carbocycles. The van der Waals surface area contributed by atoms with Crippen LogP contribution in [0, 0.1) is 11.8 Å². The van der Waals surface area contributed by atoms with Crippen LogP contribution in [0.5, 0.6) is 0 Å². The van der Waals surface area contributed by atoms with E-state index in [9.17, 15) is 0 Å². The molecule has 1 aliphatic carbocycles. The van der Waals surface area contributed by atoms with Gasteiger partial charge in [0.2, 0.25) is 0 Å². The van der Waals surface area contributed by atoms with Crippen LogP contribution in [0.4, 0.5) is 0 Å². The van der Waals surface area contributed by atoms with E-state index in [-0.39, 0.29) is 0 Å². The lowest BCUT2D eigenvalue weighted by Gasteiger charge is -2.36. The van der Waals surface area contributed by atoms with Crippen molar-refractivity contribution in [1.82, 2.24) is 4.90 Å². The van der Waals surface area contributed by atoms with E-state index in [4.69, 9.17) is 0 Å². The van der Waals surface area contributed by atoms with Crippen molar-refractivity contribution in [3.8, 4) is 0 Å². The van der Waals surface area contributed by atoms with Crippen LogP contribution < -0.4 is 0 Å². The van der Waals surface area contributed by atoms with Gasteiger partial charge in [0.25, 0.3) is 0 Å². The van der Waals surface area contributed by atoms with E-state index in [0.717, 1.165) is 17.9 Å². The molecule has 0 aromatic heterocycles. The summed E-state index contributed by atoms with van der Waals surface area (Å²) in [7, 11) is 0. The van der Waals surface area contributed by atoms with Crippen LogP contribution in [-0.4, -0.2) is 24.0 Å². The Bertz CT molecular complexity index is 278. The monoisotopic (exact) mass is 321 g/mol. The van der Waals surface area contributed by atoms with E-state index in [0.29, 0.717) is 0 Å². The Morgan fingerprint density at radius 3 is 1.87 bits per heavy atom. The fraction of sp³-hybridized carbons (Fsp3) is 0.909. The van der Waals surface area contributed by atoms with Crippen LogP contribution in [0.25, 0.3) is 0 Å². The van der Waals surface area contributed by atoms with Gasteiger partial charge in [-0.2, -0.15) is 0 Å². The van der Waals surface area contributed by atoms with Crippen molar-refractivity contribution in [2.75, 3.05) is 13.1 Å². The molecule has 0 heterocycles. The highest BCUT2D eigenvalue weighted by Gasteiger charge is 2.23. The summed E-state index contributed by atoms with van der Waals surface area (Å²) >= 11 is 0. The summed E-state index contributed by atoms with van der Waals surface area (Å²) in [4.78, 5) is 2.86. The molecule has 0 spiro atoms. The van der Waals surface area contributed by atoms with Crippen molar-refractivity contribution in [1.29, 1.82) is 0 Å². The first-order valence-corrected chi connectivity index (χ1v) is 10.7. The lowest BCUT2D eigenvalue weighted by molar-refractivity contribution is 0.142. The van der Waals surface area contributed by atoms with Crippen LogP contribution >= 0.6 is 0 Å². The fourth-order valence-electron chi connectivity index (χ4n) is 3.94. The van der Waals surface area contributed by atoms with Gasteiger partial charge in [-0.3, -0.25) is 4.90 Å². The van der Waals surface area contributed by atoms with E-state index in [1.54, 1.807) is 0 Å². The number of hydrogen-bond donors (Lipinski definition) is 0. The second-order valence-electron chi connectivity index (χ2n) is 7.71. The van der Waals surface area contributed by atoms with Gasteiger partial charge in [0, 0.05) is 19.1 Å². The summed E-state index contributed by atoms with van der Waals surface area (Å²) in [5.41, 5.74) is 0. The van der Waals surface area contributed by atoms with Gasteiger partial charge in [-0.05, 0) is 43.9 Å². The molecular weight excluding hydrogens is 278 g/mol. The molecule has 0 aromatic carbocycles. The Morgan fingerprint density at radius 1 is 0.913 bits per heavy atom. The first-order valence-electron chi connectivity index (χ1n) is 10.7. The third-order valence-corrected chi connectivity index (χ3v) is 5.77. The van der Waals surface area contributed by atoms with Gasteiger partial charge >= 0.3 is 0 Å². The van der Waals surface area contributed by atoms with E-state index in [2.05, 4.69) is 44.7 Å². The topological polar surface area (TPSA) is 3.24 Å². The quantitative estimate of drug-likeness (QED) is 0.336. The molecule has 0 fully saturated rings. The first kappa shape index (κ1) is 20.7. The molecule has 0 unspecified atom stereocenters. The molecule has 1 nitrogen and oxygen atoms in total. The number of hydrogen-bond acceptors (Lipinski definition) is 1. The zero-order valence-electron chi connectivity index (χ0n) is 16.5. The largest absolute Gasteiger partial charge is 0.296 e. The second kappa shape index (κ2) is 13.0. The summed E-state index contributed by atoms with van der Waals surface area (Å²) in [5.74, 6) is 1.79. The van der Waals surface area contributed by atoms with Crippen molar-refractivity contribution in [2.24, 2.45) is 11.8 Å². The Morgan fingerprint density at radius 2 is 1.48 bits per heavy atom. The lowest BCUT2D eigenvalue weighted by atomic mass is 9.92. The number of allylic oxidation sites excluding steroid dienone is 1. The number of nitrogens with zero attached hydrogens (tertiary/aromatic N) is 1. The molecule has 3 atom stereocenters. The molecule has 0 saturated heterocycles. The van der Waals surface area contributed by atoms with Gasteiger partial charge in [-0.15, -0.1) is 0 Å². The zero-order valence-corrected chi connectivity index (χ0v) is 16.5. The maximum absolute atomic E-state index is 2.86. The van der Waals surface area contributed by atoms with Gasteiger partial charge in [-0.25, -0.2) is 0 Å². The third-order valence-electron chi connectivity index (χ3n) is 5.77. The smallest absolute Gasteiger partial charge is 0.0278 e. The van der Waals surface area contributed by atoms with Crippen LogP contribution in [0.2, 0.25) is 0 Å². The Kier molecular flexibility index (Phi) is 11.8. The molecule has 0 aliphatic heterocycles. The molecule has 0 bridgehead atoms. The van der Waals surface area contributed by atoms with Crippen molar-refractivity contribution >= 4 is 0 Å². The third kappa shape index (κ3) is 8.38. The highest BCUT2D eigenvalue weighted by molar-refractivity contribution is 4.99. The molecule has 0 N–H and O–H groups in total. The van der Waals surface area contributed by atoms with Crippen molar-refractivity contribution in [3.63, 3.8) is 0 Å². The van der Waals surface area contributed by atoms with E-state index in [1.807, 2.05) is 0 Å². The fourth-order valence-corrected chi connectivity index (χ4v) is 3.94. The summed E-state index contributed by atoms with van der Waals surface area (Å²) in [6, 6.07) is 0.718. The molecule has 1 heteroatoms. The maximum atomic E-state index is 2.86. The molecule has 136 valence electrons. The molecule has 0 radical (unpaired) electrons. The van der Waals surface area contributed by atoms with Gasteiger partial charge in [0.1, 0.15) is 0 Å². The van der Waals surface area contributed by atoms with Gasteiger partial charge in [-0.1, -0.05) is 78.4 Å². The summed E-state index contributed by atoms with van der Waals surface area (Å²) < 4.78 is 0. The minimum atomic E-state index is 0.718. The molecule has 23 heavy (non-hydrogen) atoms. The van der Waals surface area contributed by atoms with Crippen molar-refractivity contribution < 1.29 is 0 Å². The van der Waals surface area contributed by atoms with E-state index in [1.165, 1.54) is 83.7 Å². The van der Waals surface area contributed by atoms with Crippen LogP contribution in [0.15, 0.2) is 12.2 Å². The predicted molar refractivity (Wildman–Crippen MR) is 105 cm³/mol. The van der Waals surface area contributed by atoms with Gasteiger partial charge in [0.15, 0.2) is 0 Å². The minimum Gasteiger partial charge on any atom is -0.296 e. The Balaban J connectivity index is 2.66. The lowest BCUT2D eigenvalue weighted by Crippen LogP contribution is -2.41. The maximum Gasteiger partial charge on any atom is 0.0278 e. The number of unbranched alkanes of at least 4 members (excludes halogenated alkanes) is 2. The first-order chi connectivity index (χ1) is 11.2. The van der Waals surface area contributed by atoms with E-state index >= 15 is 0 Å². The van der Waals surface area contributed by atoms with Crippen molar-refractivity contribution in [2.45, 2.75) is 104 Å². The van der Waals surface area contributed by atoms with Gasteiger partial charge in [0.05, 0.1) is 0 Å². The van der Waals surface area contributed by atoms with E-state index < -0.39 is 0 Å². The predicted octanol–water partition coefficient (Wildman–Crippen LogP) is 6.83. The normalized spacial score (nSPS) is 20.8. The van der Waals surface area contributed by atoms with Gasteiger partial charge < -0.3 is 0 Å². The molecule has 1 rings (SSSR count). The highest BCUT2D eigenvalue weighted by Crippen LogP contribution is 2.24. The minimum absolute atomic E-state index is 0.718. The van der Waals surface area contributed by atoms with Crippen LogP contribution in [-0.2, 0) is 0 Å². The summed E-state index contributed by atoms with van der Waals surface area (Å²) in [6.07, 6.45) is 20.0. The van der Waals surface area contributed by atoms with Crippen LogP contribution in [0.1, 0.15) is 98.3 Å². The Labute approximate surface area is 146 Å². The SMILES string of the molecule is CCCC[C@H](CC)CN(C[C@@H](CC)CCCC)[C@H]1C=CCCC1. The Hall–Kier alpha value is -0.300. The zero-order chi connectivity index (χ0) is 16.9. The standard InChI is InChI=1S/C22H43N/c1-5-9-14-20(7-3)18-23(22-16-12-11-13-17-22)19-21(8-4)15-10-6-2/h12,16,20-22H,5-11,13-15,17-19H2,1-4H3/t20-,21-,22-/m0/s1. The average Bonchev–Trinajstić information content (AvgIpc) is 2.61. The second-order valence-corrected chi connectivity index (χ2v) is 7.71. The summed E-state index contributed by atoms with van der Waals surface area (Å²) in [5, 5.41) is 0. The molecular formula is C22H43N. The number of rotatable bonds is 13. The molecule has 0 aromatic rings.